The highest BCUT2D eigenvalue weighted by atomic mass is 32.2. The monoisotopic (exact) mass is 345 g/mol. The average molecular weight is 345 g/mol. The van der Waals surface area contributed by atoms with Crippen LogP contribution in [0.3, 0.4) is 0 Å². The highest BCUT2D eigenvalue weighted by Gasteiger charge is 2.24. The van der Waals surface area contributed by atoms with Crippen LogP contribution in [0.25, 0.3) is 0 Å². The van der Waals surface area contributed by atoms with Gasteiger partial charge in [-0.15, -0.1) is 0 Å². The number of hydrogen-bond donors (Lipinski definition) is 0. The summed E-state index contributed by atoms with van der Waals surface area (Å²) in [5.74, 6) is 0.654. The van der Waals surface area contributed by atoms with Gasteiger partial charge in [0.25, 0.3) is 5.91 Å². The first-order valence-electron chi connectivity index (χ1n) is 7.69. The number of benzene rings is 2. The van der Waals surface area contributed by atoms with E-state index in [2.05, 4.69) is 0 Å². The molecule has 0 bridgehead atoms. The van der Waals surface area contributed by atoms with Crippen LogP contribution in [-0.2, 0) is 16.3 Å². The predicted molar refractivity (Wildman–Crippen MR) is 92.5 cm³/mol. The fourth-order valence-electron chi connectivity index (χ4n) is 2.91. The molecule has 126 valence electrons. The second-order valence-corrected chi connectivity index (χ2v) is 7.87. The molecule has 0 radical (unpaired) electrons. The summed E-state index contributed by atoms with van der Waals surface area (Å²) in [4.78, 5) is 14.8. The van der Waals surface area contributed by atoms with Crippen LogP contribution in [0.15, 0.2) is 47.4 Å². The molecule has 0 spiro atoms. The van der Waals surface area contributed by atoms with E-state index in [-0.39, 0.29) is 10.8 Å². The van der Waals surface area contributed by atoms with Gasteiger partial charge in [-0.1, -0.05) is 0 Å². The molecule has 2 aromatic carbocycles. The molecule has 0 N–H and O–H groups in total. The lowest BCUT2D eigenvalue weighted by Crippen LogP contribution is -2.35. The van der Waals surface area contributed by atoms with Gasteiger partial charge in [-0.2, -0.15) is 0 Å². The number of ether oxygens (including phenoxy) is 1. The van der Waals surface area contributed by atoms with Crippen LogP contribution >= 0.6 is 0 Å². The van der Waals surface area contributed by atoms with E-state index >= 15 is 0 Å². The van der Waals surface area contributed by atoms with E-state index in [1.807, 2.05) is 18.2 Å². The number of anilines is 1. The number of hydrogen-bond acceptors (Lipinski definition) is 4. The Morgan fingerprint density at radius 1 is 1.12 bits per heavy atom. The summed E-state index contributed by atoms with van der Waals surface area (Å²) in [5, 5.41) is 0. The number of carbonyl (C=O) groups is 1. The maximum Gasteiger partial charge on any atom is 0.258 e. The van der Waals surface area contributed by atoms with E-state index in [4.69, 9.17) is 4.74 Å². The summed E-state index contributed by atoms with van der Waals surface area (Å²) < 4.78 is 28.3. The van der Waals surface area contributed by atoms with Crippen molar-refractivity contribution in [2.75, 3.05) is 24.8 Å². The Hall–Kier alpha value is -2.34. The van der Waals surface area contributed by atoms with Crippen LogP contribution in [0.2, 0.25) is 0 Å². The maximum atomic E-state index is 12.8. The molecule has 0 aliphatic carbocycles. The first kappa shape index (κ1) is 16.5. The van der Waals surface area contributed by atoms with E-state index in [1.54, 1.807) is 24.1 Å². The second-order valence-electron chi connectivity index (χ2n) is 5.85. The third kappa shape index (κ3) is 3.14. The van der Waals surface area contributed by atoms with Crippen molar-refractivity contribution in [3.05, 3.63) is 53.6 Å². The van der Waals surface area contributed by atoms with Crippen LogP contribution in [0.5, 0.6) is 5.75 Å². The lowest BCUT2D eigenvalue weighted by atomic mass is 10.0. The van der Waals surface area contributed by atoms with Gasteiger partial charge in [0.05, 0.1) is 12.0 Å². The summed E-state index contributed by atoms with van der Waals surface area (Å²) in [5.41, 5.74) is 2.45. The summed E-state index contributed by atoms with van der Waals surface area (Å²) in [7, 11) is -1.64. The largest absolute Gasteiger partial charge is 0.497 e. The van der Waals surface area contributed by atoms with Gasteiger partial charge in [0, 0.05) is 24.1 Å². The number of carbonyl (C=O) groups excluding carboxylic acids is 1. The first-order chi connectivity index (χ1) is 11.4. The molecule has 24 heavy (non-hydrogen) atoms. The molecule has 1 amide bonds. The van der Waals surface area contributed by atoms with Crippen molar-refractivity contribution in [3.63, 3.8) is 0 Å². The van der Waals surface area contributed by atoms with E-state index < -0.39 is 9.84 Å². The van der Waals surface area contributed by atoms with Gasteiger partial charge >= 0.3 is 0 Å². The maximum absolute atomic E-state index is 12.8. The third-order valence-corrected chi connectivity index (χ3v) is 5.31. The molecule has 1 aliphatic heterocycles. The van der Waals surface area contributed by atoms with Gasteiger partial charge in [-0.05, 0) is 60.9 Å². The smallest absolute Gasteiger partial charge is 0.258 e. The van der Waals surface area contributed by atoms with Crippen molar-refractivity contribution >= 4 is 21.4 Å². The number of methoxy groups -OCH3 is 1. The van der Waals surface area contributed by atoms with Crippen LogP contribution in [-0.4, -0.2) is 34.2 Å². The standard InChI is InChI=1S/C18H19NO4S/c1-23-15-7-10-17-14(12-15)4-3-11-19(17)18(20)13-5-8-16(9-6-13)24(2,21)22/h5-10,12H,3-4,11H2,1-2H3. The molecule has 0 fully saturated rings. The Morgan fingerprint density at radius 2 is 1.83 bits per heavy atom. The molecule has 0 saturated heterocycles. The molecule has 5 nitrogen and oxygen atoms in total. The Balaban J connectivity index is 1.92. The molecular weight excluding hydrogens is 326 g/mol. The van der Waals surface area contributed by atoms with E-state index in [1.165, 1.54) is 12.1 Å². The van der Waals surface area contributed by atoms with Crippen LogP contribution in [0, 0.1) is 0 Å². The van der Waals surface area contributed by atoms with E-state index in [0.29, 0.717) is 12.1 Å². The van der Waals surface area contributed by atoms with Gasteiger partial charge in [0.2, 0.25) is 0 Å². The summed E-state index contributed by atoms with van der Waals surface area (Å²) in [6, 6.07) is 11.8. The Bertz CT molecular complexity index is 872. The zero-order valence-electron chi connectivity index (χ0n) is 13.7. The average Bonchev–Trinajstić information content (AvgIpc) is 2.59. The zero-order valence-corrected chi connectivity index (χ0v) is 14.5. The molecule has 1 aliphatic rings. The van der Waals surface area contributed by atoms with Gasteiger partial charge in [-0.3, -0.25) is 4.79 Å². The van der Waals surface area contributed by atoms with Gasteiger partial charge < -0.3 is 9.64 Å². The van der Waals surface area contributed by atoms with Crippen LogP contribution in [0.1, 0.15) is 22.3 Å². The van der Waals surface area contributed by atoms with Crippen molar-refractivity contribution in [1.29, 1.82) is 0 Å². The molecule has 1 heterocycles. The minimum Gasteiger partial charge on any atom is -0.497 e. The van der Waals surface area contributed by atoms with Crippen molar-refractivity contribution in [1.82, 2.24) is 0 Å². The minimum absolute atomic E-state index is 0.124. The molecule has 3 rings (SSSR count). The SMILES string of the molecule is COc1ccc2c(c1)CCCN2C(=O)c1ccc(S(C)(=O)=O)cc1. The van der Waals surface area contributed by atoms with Crippen LogP contribution < -0.4 is 9.64 Å². The number of aryl methyl sites for hydroxylation is 1. The fraction of sp³-hybridized carbons (Fsp3) is 0.278. The normalized spacial score (nSPS) is 14.2. The van der Waals surface area contributed by atoms with Crippen molar-refractivity contribution < 1.29 is 17.9 Å². The topological polar surface area (TPSA) is 63.7 Å². The lowest BCUT2D eigenvalue weighted by molar-refractivity contribution is 0.0985. The summed E-state index contributed by atoms with van der Waals surface area (Å²) >= 11 is 0. The number of rotatable bonds is 3. The lowest BCUT2D eigenvalue weighted by Gasteiger charge is -2.30. The second kappa shape index (κ2) is 6.28. The molecule has 6 heteroatoms. The summed E-state index contributed by atoms with van der Waals surface area (Å²) in [6.45, 7) is 0.645. The van der Waals surface area contributed by atoms with Crippen molar-refractivity contribution in [3.8, 4) is 5.75 Å². The molecule has 0 aromatic heterocycles. The number of nitrogens with zero attached hydrogens (tertiary/aromatic N) is 1. The highest BCUT2D eigenvalue weighted by Crippen LogP contribution is 2.31. The van der Waals surface area contributed by atoms with Crippen molar-refractivity contribution in [2.24, 2.45) is 0 Å². The molecular formula is C18H19NO4S. The third-order valence-electron chi connectivity index (χ3n) is 4.18. The van der Waals surface area contributed by atoms with E-state index in [9.17, 15) is 13.2 Å². The zero-order chi connectivity index (χ0) is 17.3. The van der Waals surface area contributed by atoms with E-state index in [0.717, 1.165) is 36.1 Å². The Morgan fingerprint density at radius 3 is 2.46 bits per heavy atom. The van der Waals surface area contributed by atoms with Gasteiger partial charge in [-0.25, -0.2) is 8.42 Å². The first-order valence-corrected chi connectivity index (χ1v) is 9.58. The molecule has 0 saturated carbocycles. The quantitative estimate of drug-likeness (QED) is 0.858. The molecule has 2 aromatic rings. The van der Waals surface area contributed by atoms with Gasteiger partial charge in [0.15, 0.2) is 9.84 Å². The summed E-state index contributed by atoms with van der Waals surface area (Å²) in [6.07, 6.45) is 2.94. The fourth-order valence-corrected chi connectivity index (χ4v) is 3.54. The number of fused-ring (bicyclic) bond motifs is 1. The van der Waals surface area contributed by atoms with Gasteiger partial charge in [0.1, 0.15) is 5.75 Å². The molecule has 0 atom stereocenters. The highest BCUT2D eigenvalue weighted by molar-refractivity contribution is 7.90. The van der Waals surface area contributed by atoms with Crippen LogP contribution in [0.4, 0.5) is 5.69 Å². The number of amides is 1. The molecule has 0 unspecified atom stereocenters. The number of sulfone groups is 1. The van der Waals surface area contributed by atoms with Crippen molar-refractivity contribution in [2.45, 2.75) is 17.7 Å². The predicted octanol–water partition coefficient (Wildman–Crippen LogP) is 2.69. The Labute approximate surface area is 141 Å². The minimum atomic E-state index is -3.27. The Kier molecular flexibility index (Phi) is 4.32.